The third-order valence-electron chi connectivity index (χ3n) is 3.72. The van der Waals surface area contributed by atoms with Gasteiger partial charge >= 0.3 is 0 Å². The van der Waals surface area contributed by atoms with Gasteiger partial charge in [0.2, 0.25) is 0 Å². The zero-order valence-corrected chi connectivity index (χ0v) is 13.2. The molecule has 0 saturated heterocycles. The summed E-state index contributed by atoms with van der Waals surface area (Å²) in [6.45, 7) is 2.03. The molecule has 102 valence electrons. The van der Waals surface area contributed by atoms with Crippen molar-refractivity contribution in [3.8, 4) is 0 Å². The van der Waals surface area contributed by atoms with Crippen LogP contribution in [0.1, 0.15) is 41.7 Å². The molecule has 0 spiro atoms. The van der Waals surface area contributed by atoms with Gasteiger partial charge < -0.3 is 4.57 Å². The Kier molecular flexibility index (Phi) is 4.81. The second kappa shape index (κ2) is 6.38. The van der Waals surface area contributed by atoms with E-state index in [0.29, 0.717) is 6.42 Å². The van der Waals surface area contributed by atoms with E-state index in [2.05, 4.69) is 26.6 Å². The van der Waals surface area contributed by atoms with Crippen LogP contribution in [0.4, 0.5) is 0 Å². The van der Waals surface area contributed by atoms with Crippen LogP contribution in [0.15, 0.2) is 24.3 Å². The Labute approximate surface area is 122 Å². The second-order valence-corrected chi connectivity index (χ2v) is 5.75. The number of carbonyl (C=O) groups is 1. The lowest BCUT2D eigenvalue weighted by Gasteiger charge is -2.02. The number of halogens is 1. The van der Waals surface area contributed by atoms with Crippen molar-refractivity contribution in [2.75, 3.05) is 5.33 Å². The lowest BCUT2D eigenvalue weighted by Crippen LogP contribution is -2.02. The number of ketones is 1. The minimum atomic E-state index is 0.281. The molecule has 1 heterocycles. The van der Waals surface area contributed by atoms with Gasteiger partial charge in [0, 0.05) is 41.0 Å². The van der Waals surface area contributed by atoms with E-state index in [1.54, 1.807) is 0 Å². The second-order valence-electron chi connectivity index (χ2n) is 4.96. The first-order chi connectivity index (χ1) is 9.16. The van der Waals surface area contributed by atoms with Gasteiger partial charge in [-0.05, 0) is 25.8 Å². The number of benzene rings is 1. The Morgan fingerprint density at radius 2 is 1.95 bits per heavy atom. The van der Waals surface area contributed by atoms with Gasteiger partial charge in [0.05, 0.1) is 0 Å². The lowest BCUT2D eigenvalue weighted by molar-refractivity contribution is 0.0980. The van der Waals surface area contributed by atoms with Gasteiger partial charge in [0.25, 0.3) is 0 Å². The van der Waals surface area contributed by atoms with E-state index < -0.39 is 0 Å². The van der Waals surface area contributed by atoms with Crippen molar-refractivity contribution in [1.82, 2.24) is 4.57 Å². The molecular formula is C16H20BrNO. The van der Waals surface area contributed by atoms with E-state index in [9.17, 15) is 4.79 Å². The molecule has 0 aliphatic carbocycles. The minimum absolute atomic E-state index is 0.281. The molecular weight excluding hydrogens is 302 g/mol. The van der Waals surface area contributed by atoms with E-state index in [0.717, 1.165) is 46.8 Å². The number of para-hydroxylation sites is 1. The van der Waals surface area contributed by atoms with Gasteiger partial charge in [-0.3, -0.25) is 4.79 Å². The van der Waals surface area contributed by atoms with E-state index in [1.807, 2.05) is 32.2 Å². The summed E-state index contributed by atoms with van der Waals surface area (Å²) < 4.78 is 2.11. The molecule has 2 nitrogen and oxygen atoms in total. The minimum Gasteiger partial charge on any atom is -0.347 e. The molecule has 0 saturated carbocycles. The number of nitrogens with zero attached hydrogens (tertiary/aromatic N) is 1. The molecule has 1 aromatic heterocycles. The highest BCUT2D eigenvalue weighted by molar-refractivity contribution is 9.09. The molecule has 0 aliphatic heterocycles. The van der Waals surface area contributed by atoms with Crippen LogP contribution in [0.5, 0.6) is 0 Å². The largest absolute Gasteiger partial charge is 0.347 e. The molecule has 0 fully saturated rings. The summed E-state index contributed by atoms with van der Waals surface area (Å²) >= 11 is 3.42. The first-order valence-electron chi connectivity index (χ1n) is 6.80. The molecule has 2 aromatic rings. The van der Waals surface area contributed by atoms with Gasteiger partial charge in [-0.15, -0.1) is 0 Å². The van der Waals surface area contributed by atoms with Crippen molar-refractivity contribution >= 4 is 32.6 Å². The van der Waals surface area contributed by atoms with Crippen LogP contribution in [-0.4, -0.2) is 15.7 Å². The normalized spacial score (nSPS) is 11.1. The van der Waals surface area contributed by atoms with Crippen LogP contribution in [-0.2, 0) is 7.05 Å². The quantitative estimate of drug-likeness (QED) is 0.432. The van der Waals surface area contributed by atoms with Gasteiger partial charge in [0.15, 0.2) is 5.78 Å². The maximum absolute atomic E-state index is 12.4. The smallest absolute Gasteiger partial charge is 0.165 e. The molecule has 3 heteroatoms. The number of unbranched alkanes of at least 4 members (excludes halogenated alkanes) is 2. The summed E-state index contributed by atoms with van der Waals surface area (Å²) in [6.07, 6.45) is 3.89. The summed E-state index contributed by atoms with van der Waals surface area (Å²) in [6, 6.07) is 8.15. The van der Waals surface area contributed by atoms with Crippen LogP contribution >= 0.6 is 15.9 Å². The van der Waals surface area contributed by atoms with Crippen molar-refractivity contribution in [3.63, 3.8) is 0 Å². The highest BCUT2D eigenvalue weighted by atomic mass is 79.9. The number of aromatic nitrogens is 1. The average molecular weight is 322 g/mol. The first kappa shape index (κ1) is 14.3. The summed E-state index contributed by atoms with van der Waals surface area (Å²) in [5.41, 5.74) is 3.13. The number of hydrogen-bond donors (Lipinski definition) is 0. The fraction of sp³-hybridized carbons (Fsp3) is 0.438. The van der Waals surface area contributed by atoms with Crippen molar-refractivity contribution in [2.24, 2.45) is 7.05 Å². The molecule has 2 rings (SSSR count). The number of carbonyl (C=O) groups excluding carboxylic acids is 1. The molecule has 0 N–H and O–H groups in total. The molecule has 0 bridgehead atoms. The molecule has 0 amide bonds. The standard InChI is InChI=1S/C16H20BrNO/c1-12-16(15(19)10-4-3-7-11-17)13-8-5-6-9-14(13)18(12)2/h5-6,8-9H,3-4,7,10-11H2,1-2H3. The number of hydrogen-bond acceptors (Lipinski definition) is 1. The van der Waals surface area contributed by atoms with E-state index in [1.165, 1.54) is 0 Å². The van der Waals surface area contributed by atoms with E-state index >= 15 is 0 Å². The number of rotatable bonds is 6. The van der Waals surface area contributed by atoms with Crippen LogP contribution in [0.3, 0.4) is 0 Å². The van der Waals surface area contributed by atoms with Gasteiger partial charge in [0.1, 0.15) is 0 Å². The Balaban J connectivity index is 2.24. The fourth-order valence-electron chi connectivity index (χ4n) is 2.55. The molecule has 0 atom stereocenters. The maximum atomic E-state index is 12.4. The number of alkyl halides is 1. The molecule has 1 aromatic carbocycles. The van der Waals surface area contributed by atoms with Gasteiger partial charge in [-0.25, -0.2) is 0 Å². The summed E-state index contributed by atoms with van der Waals surface area (Å²) in [4.78, 5) is 12.4. The Morgan fingerprint density at radius 1 is 1.21 bits per heavy atom. The summed E-state index contributed by atoms with van der Waals surface area (Å²) in [5, 5.41) is 2.11. The van der Waals surface area contributed by atoms with Crippen LogP contribution in [0, 0.1) is 6.92 Å². The number of fused-ring (bicyclic) bond motifs is 1. The predicted octanol–water partition coefficient (Wildman–Crippen LogP) is 4.62. The summed E-state index contributed by atoms with van der Waals surface area (Å²) in [7, 11) is 2.03. The number of aryl methyl sites for hydroxylation is 1. The van der Waals surface area contributed by atoms with Crippen molar-refractivity contribution in [3.05, 3.63) is 35.5 Å². The zero-order chi connectivity index (χ0) is 13.8. The predicted molar refractivity (Wildman–Crippen MR) is 84.2 cm³/mol. The topological polar surface area (TPSA) is 22.0 Å². The first-order valence-corrected chi connectivity index (χ1v) is 7.92. The SMILES string of the molecule is Cc1c(C(=O)CCCCCBr)c2ccccc2n1C. The van der Waals surface area contributed by atoms with Crippen LogP contribution in [0.2, 0.25) is 0 Å². The monoisotopic (exact) mass is 321 g/mol. The van der Waals surface area contributed by atoms with Crippen LogP contribution in [0.25, 0.3) is 10.9 Å². The maximum Gasteiger partial charge on any atom is 0.165 e. The fourth-order valence-corrected chi connectivity index (χ4v) is 2.95. The van der Waals surface area contributed by atoms with Crippen molar-refractivity contribution < 1.29 is 4.79 Å². The average Bonchev–Trinajstić information content (AvgIpc) is 2.68. The van der Waals surface area contributed by atoms with Crippen LogP contribution < -0.4 is 0 Å². The Morgan fingerprint density at radius 3 is 2.68 bits per heavy atom. The van der Waals surface area contributed by atoms with Crippen molar-refractivity contribution in [1.29, 1.82) is 0 Å². The molecule has 0 radical (unpaired) electrons. The zero-order valence-electron chi connectivity index (χ0n) is 11.6. The number of Topliss-reactive ketones (excluding diaryl/α,β-unsaturated/α-hetero) is 1. The molecule has 0 aliphatic rings. The third-order valence-corrected chi connectivity index (χ3v) is 4.28. The summed E-state index contributed by atoms with van der Waals surface area (Å²) in [5.74, 6) is 0.281. The van der Waals surface area contributed by atoms with E-state index in [-0.39, 0.29) is 5.78 Å². The highest BCUT2D eigenvalue weighted by Crippen LogP contribution is 2.26. The molecule has 0 unspecified atom stereocenters. The van der Waals surface area contributed by atoms with Gasteiger partial charge in [-0.2, -0.15) is 0 Å². The van der Waals surface area contributed by atoms with E-state index in [4.69, 9.17) is 0 Å². The van der Waals surface area contributed by atoms with Gasteiger partial charge in [-0.1, -0.05) is 40.5 Å². The Bertz CT molecular complexity index is 586. The molecule has 19 heavy (non-hydrogen) atoms. The Hall–Kier alpha value is -1.09. The third kappa shape index (κ3) is 2.92. The highest BCUT2D eigenvalue weighted by Gasteiger charge is 2.17. The lowest BCUT2D eigenvalue weighted by atomic mass is 10.0. The van der Waals surface area contributed by atoms with Crippen molar-refractivity contribution in [2.45, 2.75) is 32.6 Å².